The highest BCUT2D eigenvalue weighted by Crippen LogP contribution is 2.08. The number of hydrogen-bond donors (Lipinski definition) is 2. The lowest BCUT2D eigenvalue weighted by Gasteiger charge is -2.19. The van der Waals surface area contributed by atoms with Crippen molar-refractivity contribution >= 4 is 12.1 Å². The molecule has 1 unspecified atom stereocenters. The molecule has 0 saturated carbocycles. The van der Waals surface area contributed by atoms with Gasteiger partial charge in [-0.15, -0.1) is 0 Å². The molecule has 100 valence electrons. The number of amides is 1. The van der Waals surface area contributed by atoms with Crippen LogP contribution in [0.15, 0.2) is 0 Å². The Morgan fingerprint density at radius 3 is 2.35 bits per heavy atom. The van der Waals surface area contributed by atoms with Gasteiger partial charge < -0.3 is 9.84 Å². The molecule has 0 fully saturated rings. The van der Waals surface area contributed by atoms with Gasteiger partial charge in [-0.05, 0) is 27.2 Å². The van der Waals surface area contributed by atoms with E-state index < -0.39 is 23.6 Å². The van der Waals surface area contributed by atoms with Crippen molar-refractivity contribution in [3.8, 4) is 0 Å². The summed E-state index contributed by atoms with van der Waals surface area (Å²) in [7, 11) is 0. The van der Waals surface area contributed by atoms with Gasteiger partial charge in [0.25, 0.3) is 0 Å². The maximum absolute atomic E-state index is 11.2. The Bertz CT molecular complexity index is 259. The zero-order valence-corrected chi connectivity index (χ0v) is 10.8. The van der Waals surface area contributed by atoms with Crippen molar-refractivity contribution < 1.29 is 24.3 Å². The molecule has 0 bridgehead atoms. The van der Waals surface area contributed by atoms with Gasteiger partial charge in [-0.1, -0.05) is 13.3 Å². The molecule has 17 heavy (non-hydrogen) atoms. The van der Waals surface area contributed by atoms with E-state index in [2.05, 4.69) is 5.48 Å². The average Bonchev–Trinajstić information content (AvgIpc) is 2.13. The van der Waals surface area contributed by atoms with E-state index in [4.69, 9.17) is 14.7 Å². The van der Waals surface area contributed by atoms with Crippen LogP contribution in [-0.4, -0.2) is 29.4 Å². The first-order valence-electron chi connectivity index (χ1n) is 5.60. The van der Waals surface area contributed by atoms with Crippen molar-refractivity contribution in [1.29, 1.82) is 0 Å². The average molecular weight is 247 g/mol. The zero-order valence-electron chi connectivity index (χ0n) is 10.8. The third-order valence-electron chi connectivity index (χ3n) is 1.83. The summed E-state index contributed by atoms with van der Waals surface area (Å²) in [5.41, 5.74) is 1.45. The number of carbonyl (C=O) groups is 2. The maximum Gasteiger partial charge on any atom is 0.431 e. The number of aliphatic carboxylic acids is 1. The van der Waals surface area contributed by atoms with Gasteiger partial charge in [0.05, 0.1) is 12.5 Å². The van der Waals surface area contributed by atoms with E-state index in [1.165, 1.54) is 0 Å². The minimum Gasteiger partial charge on any atom is -0.481 e. The van der Waals surface area contributed by atoms with E-state index in [1.54, 1.807) is 20.8 Å². The van der Waals surface area contributed by atoms with Crippen LogP contribution >= 0.6 is 0 Å². The number of carboxylic acids is 1. The summed E-state index contributed by atoms with van der Waals surface area (Å²) in [6.07, 6.45) is 0.524. The van der Waals surface area contributed by atoms with E-state index in [1.807, 2.05) is 6.92 Å². The van der Waals surface area contributed by atoms with Crippen LogP contribution in [0.5, 0.6) is 0 Å². The summed E-state index contributed by atoms with van der Waals surface area (Å²) in [5.74, 6) is -1.55. The van der Waals surface area contributed by atoms with Crippen molar-refractivity contribution in [3.05, 3.63) is 0 Å². The van der Waals surface area contributed by atoms with E-state index in [9.17, 15) is 9.59 Å². The van der Waals surface area contributed by atoms with Crippen LogP contribution in [0.1, 0.15) is 40.5 Å². The molecule has 0 aromatic heterocycles. The Balaban J connectivity index is 3.88. The number of hydroxylamine groups is 1. The van der Waals surface area contributed by atoms with E-state index in [0.29, 0.717) is 6.42 Å². The third-order valence-corrected chi connectivity index (χ3v) is 1.83. The SMILES string of the molecule is CCCC(CONC(=O)OC(C)(C)C)C(=O)O. The number of rotatable bonds is 6. The van der Waals surface area contributed by atoms with Gasteiger partial charge in [0.2, 0.25) is 0 Å². The van der Waals surface area contributed by atoms with Gasteiger partial charge >= 0.3 is 12.1 Å². The topological polar surface area (TPSA) is 84.9 Å². The van der Waals surface area contributed by atoms with Gasteiger partial charge in [0.15, 0.2) is 0 Å². The Hall–Kier alpha value is -1.30. The number of carbonyl (C=O) groups excluding carboxylic acids is 1. The predicted octanol–water partition coefficient (Wildman–Crippen LogP) is 1.94. The Kier molecular flexibility index (Phi) is 6.57. The standard InChI is InChI=1S/C11H21NO5/c1-5-6-8(9(13)14)7-16-12-10(15)17-11(2,3)4/h8H,5-7H2,1-4H3,(H,12,15)(H,13,14). The molecule has 0 spiro atoms. The molecule has 0 aliphatic carbocycles. The minimum absolute atomic E-state index is 0.0670. The highest BCUT2D eigenvalue weighted by Gasteiger charge is 2.19. The van der Waals surface area contributed by atoms with Crippen molar-refractivity contribution in [1.82, 2.24) is 5.48 Å². The lowest BCUT2D eigenvalue weighted by molar-refractivity contribution is -0.145. The minimum atomic E-state index is -0.933. The molecule has 0 aromatic rings. The van der Waals surface area contributed by atoms with E-state index >= 15 is 0 Å². The number of hydrogen-bond acceptors (Lipinski definition) is 4. The van der Waals surface area contributed by atoms with Crippen molar-refractivity contribution in [3.63, 3.8) is 0 Å². The molecule has 0 radical (unpaired) electrons. The summed E-state index contributed by atoms with van der Waals surface area (Å²) in [6.45, 7) is 7.00. The lowest BCUT2D eigenvalue weighted by Crippen LogP contribution is -2.34. The summed E-state index contributed by atoms with van der Waals surface area (Å²) >= 11 is 0. The maximum atomic E-state index is 11.2. The van der Waals surface area contributed by atoms with Crippen molar-refractivity contribution in [2.24, 2.45) is 5.92 Å². The van der Waals surface area contributed by atoms with Crippen LogP contribution in [0, 0.1) is 5.92 Å². The van der Waals surface area contributed by atoms with Crippen LogP contribution in [0.3, 0.4) is 0 Å². The molecule has 0 rings (SSSR count). The summed E-state index contributed by atoms with van der Waals surface area (Å²) < 4.78 is 4.92. The normalized spacial score (nSPS) is 12.9. The number of carboxylic acid groups (broad SMARTS) is 1. The zero-order chi connectivity index (χ0) is 13.5. The van der Waals surface area contributed by atoms with Crippen molar-refractivity contribution in [2.45, 2.75) is 46.1 Å². The van der Waals surface area contributed by atoms with Gasteiger partial charge in [-0.25, -0.2) is 4.79 Å². The third kappa shape index (κ3) is 8.50. The monoisotopic (exact) mass is 247 g/mol. The Morgan fingerprint density at radius 1 is 1.35 bits per heavy atom. The molecule has 1 amide bonds. The highest BCUT2D eigenvalue weighted by atomic mass is 16.7. The van der Waals surface area contributed by atoms with Crippen LogP contribution in [0.2, 0.25) is 0 Å². The molecule has 0 aromatic carbocycles. The molecule has 1 atom stereocenters. The molecule has 0 heterocycles. The number of ether oxygens (including phenoxy) is 1. The fourth-order valence-electron chi connectivity index (χ4n) is 1.13. The Morgan fingerprint density at radius 2 is 1.94 bits per heavy atom. The molecule has 6 heteroatoms. The molecular weight excluding hydrogens is 226 g/mol. The summed E-state index contributed by atoms with van der Waals surface area (Å²) in [4.78, 5) is 26.7. The largest absolute Gasteiger partial charge is 0.481 e. The van der Waals surface area contributed by atoms with Gasteiger partial charge in [0.1, 0.15) is 5.60 Å². The van der Waals surface area contributed by atoms with Gasteiger partial charge in [-0.3, -0.25) is 9.63 Å². The lowest BCUT2D eigenvalue weighted by atomic mass is 10.1. The molecular formula is C11H21NO5. The quantitative estimate of drug-likeness (QED) is 0.701. The highest BCUT2D eigenvalue weighted by molar-refractivity contribution is 5.70. The smallest absolute Gasteiger partial charge is 0.431 e. The molecule has 0 aliphatic heterocycles. The van der Waals surface area contributed by atoms with Gasteiger partial charge in [-0.2, -0.15) is 5.48 Å². The fraction of sp³-hybridized carbons (Fsp3) is 0.818. The number of nitrogens with one attached hydrogen (secondary N) is 1. The second kappa shape index (κ2) is 7.11. The second-order valence-corrected chi connectivity index (χ2v) is 4.74. The van der Waals surface area contributed by atoms with E-state index in [-0.39, 0.29) is 6.61 Å². The molecule has 0 aliphatic rings. The summed E-state index contributed by atoms with van der Waals surface area (Å²) in [5, 5.41) is 8.83. The first-order chi connectivity index (χ1) is 7.76. The molecule has 0 saturated heterocycles. The van der Waals surface area contributed by atoms with Crippen LogP contribution in [-0.2, 0) is 14.4 Å². The first-order valence-corrected chi connectivity index (χ1v) is 5.60. The summed E-state index contributed by atoms with van der Waals surface area (Å²) in [6, 6.07) is 0. The van der Waals surface area contributed by atoms with E-state index in [0.717, 1.165) is 6.42 Å². The van der Waals surface area contributed by atoms with Gasteiger partial charge in [0, 0.05) is 0 Å². The molecule has 6 nitrogen and oxygen atoms in total. The Labute approximate surface area is 101 Å². The predicted molar refractivity (Wildman–Crippen MR) is 61.4 cm³/mol. The first kappa shape index (κ1) is 15.7. The second-order valence-electron chi connectivity index (χ2n) is 4.74. The van der Waals surface area contributed by atoms with Crippen LogP contribution in [0.25, 0.3) is 0 Å². The molecule has 2 N–H and O–H groups in total. The van der Waals surface area contributed by atoms with Crippen LogP contribution in [0.4, 0.5) is 4.79 Å². The van der Waals surface area contributed by atoms with Crippen molar-refractivity contribution in [2.75, 3.05) is 6.61 Å². The van der Waals surface area contributed by atoms with Crippen LogP contribution < -0.4 is 5.48 Å². The fourth-order valence-corrected chi connectivity index (χ4v) is 1.13.